The smallest absolute Gasteiger partial charge is 0.224 e. The molecule has 0 aromatic carbocycles. The molecule has 1 heterocycles. The molecule has 2 atom stereocenters. The van der Waals surface area contributed by atoms with Gasteiger partial charge in [0, 0.05) is 13.1 Å². The summed E-state index contributed by atoms with van der Waals surface area (Å²) < 4.78 is 5.69. The molecule has 2 N–H and O–H groups in total. The summed E-state index contributed by atoms with van der Waals surface area (Å²) >= 11 is 0. The molecule has 0 aliphatic carbocycles. The number of nitrogens with two attached hydrogens (primary N) is 1. The minimum absolute atomic E-state index is 0.113. The standard InChI is InChI=1S/C15H30N2O2/c1-12(2)9-13(3)19-8-5-14(18)17-7-6-15(4,10-16)11-17/h12-13H,5-11,16H2,1-4H3. The third-order valence-corrected chi connectivity index (χ3v) is 3.92. The number of carbonyl (C=O) groups excluding carboxylic acids is 1. The van der Waals surface area contributed by atoms with Gasteiger partial charge < -0.3 is 15.4 Å². The van der Waals surface area contributed by atoms with Crippen molar-refractivity contribution in [3.8, 4) is 0 Å². The third-order valence-electron chi connectivity index (χ3n) is 3.92. The first-order valence-corrected chi connectivity index (χ1v) is 7.46. The Morgan fingerprint density at radius 1 is 1.42 bits per heavy atom. The molecule has 1 saturated heterocycles. The van der Waals surface area contributed by atoms with Crippen LogP contribution in [0, 0.1) is 11.3 Å². The summed E-state index contributed by atoms with van der Waals surface area (Å²) in [5.74, 6) is 0.837. The van der Waals surface area contributed by atoms with E-state index in [9.17, 15) is 4.79 Å². The van der Waals surface area contributed by atoms with Gasteiger partial charge in [0.05, 0.1) is 19.1 Å². The maximum absolute atomic E-state index is 12.1. The Hall–Kier alpha value is -0.610. The molecule has 0 saturated carbocycles. The minimum Gasteiger partial charge on any atom is -0.378 e. The van der Waals surface area contributed by atoms with Crippen LogP contribution in [0.4, 0.5) is 0 Å². The van der Waals surface area contributed by atoms with Gasteiger partial charge in [0.15, 0.2) is 0 Å². The fourth-order valence-electron chi connectivity index (χ4n) is 2.64. The fourth-order valence-corrected chi connectivity index (χ4v) is 2.64. The first-order chi connectivity index (χ1) is 8.86. The molecule has 0 radical (unpaired) electrons. The topological polar surface area (TPSA) is 55.6 Å². The molecule has 0 spiro atoms. The lowest BCUT2D eigenvalue weighted by atomic mass is 9.90. The first kappa shape index (κ1) is 16.4. The highest BCUT2D eigenvalue weighted by molar-refractivity contribution is 5.76. The van der Waals surface area contributed by atoms with E-state index >= 15 is 0 Å². The van der Waals surface area contributed by atoms with Gasteiger partial charge in [0.1, 0.15) is 0 Å². The minimum atomic E-state index is 0.113. The van der Waals surface area contributed by atoms with Crippen LogP contribution >= 0.6 is 0 Å². The molecular formula is C15H30N2O2. The Balaban J connectivity index is 2.22. The van der Waals surface area contributed by atoms with E-state index in [2.05, 4.69) is 27.7 Å². The van der Waals surface area contributed by atoms with Crippen LogP contribution in [0.1, 0.15) is 47.0 Å². The van der Waals surface area contributed by atoms with Crippen molar-refractivity contribution in [2.75, 3.05) is 26.2 Å². The predicted molar refractivity (Wildman–Crippen MR) is 77.8 cm³/mol. The molecule has 112 valence electrons. The summed E-state index contributed by atoms with van der Waals surface area (Å²) in [6, 6.07) is 0. The molecular weight excluding hydrogens is 240 g/mol. The summed E-state index contributed by atoms with van der Waals surface area (Å²) in [5, 5.41) is 0. The zero-order valence-corrected chi connectivity index (χ0v) is 12.9. The lowest BCUT2D eigenvalue weighted by Gasteiger charge is -2.23. The average Bonchev–Trinajstić information content (AvgIpc) is 2.72. The van der Waals surface area contributed by atoms with E-state index in [1.807, 2.05) is 4.90 Å². The number of ether oxygens (including phenoxy) is 1. The lowest BCUT2D eigenvalue weighted by Crippen LogP contribution is -2.35. The van der Waals surface area contributed by atoms with Crippen LogP contribution in [0.2, 0.25) is 0 Å². The second kappa shape index (κ2) is 7.25. The molecule has 19 heavy (non-hydrogen) atoms. The van der Waals surface area contributed by atoms with Crippen LogP contribution < -0.4 is 5.73 Å². The summed E-state index contributed by atoms with van der Waals surface area (Å²) in [6.45, 7) is 11.4. The average molecular weight is 270 g/mol. The predicted octanol–water partition coefficient (Wildman–Crippen LogP) is 2.02. The molecule has 2 unspecified atom stereocenters. The second-order valence-corrected chi connectivity index (χ2v) is 6.64. The number of carbonyl (C=O) groups is 1. The summed E-state index contributed by atoms with van der Waals surface area (Å²) in [7, 11) is 0. The normalized spacial score (nSPS) is 25.1. The Morgan fingerprint density at radius 3 is 2.63 bits per heavy atom. The van der Waals surface area contributed by atoms with E-state index in [0.717, 1.165) is 25.9 Å². The molecule has 4 nitrogen and oxygen atoms in total. The summed E-state index contributed by atoms with van der Waals surface area (Å²) in [6.07, 6.45) is 2.78. The van der Waals surface area contributed by atoms with Gasteiger partial charge in [-0.25, -0.2) is 0 Å². The number of amides is 1. The second-order valence-electron chi connectivity index (χ2n) is 6.64. The van der Waals surface area contributed by atoms with Gasteiger partial charge >= 0.3 is 0 Å². The monoisotopic (exact) mass is 270 g/mol. The van der Waals surface area contributed by atoms with Crippen molar-refractivity contribution >= 4 is 5.91 Å². The molecule has 0 aromatic rings. The fraction of sp³-hybridized carbons (Fsp3) is 0.933. The number of rotatable bonds is 7. The summed E-state index contributed by atoms with van der Waals surface area (Å²) in [4.78, 5) is 14.0. The number of hydrogen-bond acceptors (Lipinski definition) is 3. The first-order valence-electron chi connectivity index (χ1n) is 7.46. The van der Waals surface area contributed by atoms with Crippen molar-refractivity contribution in [2.45, 2.75) is 53.1 Å². The molecule has 1 aliphatic heterocycles. The van der Waals surface area contributed by atoms with Crippen LogP contribution in [0.25, 0.3) is 0 Å². The van der Waals surface area contributed by atoms with E-state index < -0.39 is 0 Å². The molecule has 1 rings (SSSR count). The molecule has 1 fully saturated rings. The third kappa shape index (κ3) is 5.49. The van der Waals surface area contributed by atoms with Crippen molar-refractivity contribution in [2.24, 2.45) is 17.1 Å². The van der Waals surface area contributed by atoms with Gasteiger partial charge in [0.25, 0.3) is 0 Å². The van der Waals surface area contributed by atoms with Gasteiger partial charge in [-0.05, 0) is 37.6 Å². The van der Waals surface area contributed by atoms with Crippen molar-refractivity contribution in [3.05, 3.63) is 0 Å². The van der Waals surface area contributed by atoms with E-state index in [-0.39, 0.29) is 17.4 Å². The van der Waals surface area contributed by atoms with E-state index in [4.69, 9.17) is 10.5 Å². The van der Waals surface area contributed by atoms with Crippen LogP contribution in [-0.4, -0.2) is 43.2 Å². The molecule has 0 bridgehead atoms. The Kier molecular flexibility index (Phi) is 6.27. The molecule has 4 heteroatoms. The van der Waals surface area contributed by atoms with Gasteiger partial charge in [-0.2, -0.15) is 0 Å². The Morgan fingerprint density at radius 2 is 2.11 bits per heavy atom. The lowest BCUT2D eigenvalue weighted by molar-refractivity contribution is -0.132. The van der Waals surface area contributed by atoms with Crippen LogP contribution in [-0.2, 0) is 9.53 Å². The van der Waals surface area contributed by atoms with Crippen LogP contribution in [0.5, 0.6) is 0 Å². The molecule has 0 aromatic heterocycles. The maximum Gasteiger partial charge on any atom is 0.224 e. The van der Waals surface area contributed by atoms with Gasteiger partial charge in [-0.15, -0.1) is 0 Å². The zero-order chi connectivity index (χ0) is 14.5. The van der Waals surface area contributed by atoms with Crippen molar-refractivity contribution < 1.29 is 9.53 Å². The van der Waals surface area contributed by atoms with Crippen molar-refractivity contribution in [1.82, 2.24) is 4.90 Å². The zero-order valence-electron chi connectivity index (χ0n) is 12.9. The molecule has 1 aliphatic rings. The number of nitrogens with zero attached hydrogens (tertiary/aromatic N) is 1. The van der Waals surface area contributed by atoms with Crippen LogP contribution in [0.15, 0.2) is 0 Å². The molecule has 1 amide bonds. The Labute approximate surface area is 117 Å². The van der Waals surface area contributed by atoms with Gasteiger partial charge in [-0.3, -0.25) is 4.79 Å². The number of hydrogen-bond donors (Lipinski definition) is 1. The van der Waals surface area contributed by atoms with E-state index in [0.29, 0.717) is 25.5 Å². The largest absolute Gasteiger partial charge is 0.378 e. The van der Waals surface area contributed by atoms with Crippen LogP contribution in [0.3, 0.4) is 0 Å². The SMILES string of the molecule is CC(C)CC(C)OCCC(=O)N1CCC(C)(CN)C1. The van der Waals surface area contributed by atoms with Gasteiger partial charge in [0.2, 0.25) is 5.91 Å². The highest BCUT2D eigenvalue weighted by atomic mass is 16.5. The van der Waals surface area contributed by atoms with E-state index in [1.165, 1.54) is 0 Å². The van der Waals surface area contributed by atoms with Crippen molar-refractivity contribution in [1.29, 1.82) is 0 Å². The highest BCUT2D eigenvalue weighted by Gasteiger charge is 2.34. The number of likely N-dealkylation sites (tertiary alicyclic amines) is 1. The maximum atomic E-state index is 12.1. The highest BCUT2D eigenvalue weighted by Crippen LogP contribution is 2.28. The van der Waals surface area contributed by atoms with E-state index in [1.54, 1.807) is 0 Å². The summed E-state index contributed by atoms with van der Waals surface area (Å²) in [5.41, 5.74) is 5.87. The van der Waals surface area contributed by atoms with Gasteiger partial charge in [-0.1, -0.05) is 20.8 Å². The Bertz CT molecular complexity index is 294. The quantitative estimate of drug-likeness (QED) is 0.770. The van der Waals surface area contributed by atoms with Crippen molar-refractivity contribution in [3.63, 3.8) is 0 Å².